The van der Waals surface area contributed by atoms with Crippen molar-refractivity contribution < 1.29 is 4.74 Å². The van der Waals surface area contributed by atoms with E-state index >= 15 is 0 Å². The first-order chi connectivity index (χ1) is 9.76. The van der Waals surface area contributed by atoms with Crippen molar-refractivity contribution in [2.24, 2.45) is 5.73 Å². The van der Waals surface area contributed by atoms with E-state index < -0.39 is 0 Å². The molecule has 0 atom stereocenters. The molecule has 20 heavy (non-hydrogen) atoms. The SMILES string of the molecule is Cc1sc(CN)cc1COc1cnc2ccccc2c1. The monoisotopic (exact) mass is 284 g/mol. The minimum Gasteiger partial charge on any atom is -0.487 e. The van der Waals surface area contributed by atoms with Gasteiger partial charge in [-0.05, 0) is 25.1 Å². The molecule has 0 radical (unpaired) electrons. The Kier molecular flexibility index (Phi) is 3.67. The van der Waals surface area contributed by atoms with Crippen LogP contribution in [-0.4, -0.2) is 4.98 Å². The van der Waals surface area contributed by atoms with Crippen LogP contribution in [0.2, 0.25) is 0 Å². The Balaban J connectivity index is 1.77. The van der Waals surface area contributed by atoms with E-state index in [0.29, 0.717) is 13.2 Å². The molecule has 3 aromatic rings. The first-order valence-corrected chi connectivity index (χ1v) is 7.34. The summed E-state index contributed by atoms with van der Waals surface area (Å²) in [7, 11) is 0. The molecule has 1 aromatic carbocycles. The van der Waals surface area contributed by atoms with Gasteiger partial charge in [-0.3, -0.25) is 4.98 Å². The van der Waals surface area contributed by atoms with Crippen molar-refractivity contribution in [3.05, 3.63) is 57.9 Å². The number of nitrogens with zero attached hydrogens (tertiary/aromatic N) is 1. The highest BCUT2D eigenvalue weighted by Gasteiger charge is 2.06. The highest BCUT2D eigenvalue weighted by Crippen LogP contribution is 2.24. The second-order valence-corrected chi connectivity index (χ2v) is 5.99. The lowest BCUT2D eigenvalue weighted by Gasteiger charge is -2.06. The highest BCUT2D eigenvalue weighted by atomic mass is 32.1. The molecular formula is C16H16N2OS. The summed E-state index contributed by atoms with van der Waals surface area (Å²) >= 11 is 1.73. The van der Waals surface area contributed by atoms with Crippen LogP contribution in [-0.2, 0) is 13.2 Å². The van der Waals surface area contributed by atoms with Crippen LogP contribution in [0.4, 0.5) is 0 Å². The maximum atomic E-state index is 5.84. The Morgan fingerprint density at radius 1 is 1.25 bits per heavy atom. The lowest BCUT2D eigenvalue weighted by Crippen LogP contribution is -1.96. The maximum Gasteiger partial charge on any atom is 0.138 e. The predicted molar refractivity (Wildman–Crippen MR) is 83.0 cm³/mol. The molecule has 3 nitrogen and oxygen atoms in total. The van der Waals surface area contributed by atoms with Crippen LogP contribution in [0.25, 0.3) is 10.9 Å². The third kappa shape index (κ3) is 2.66. The minimum atomic E-state index is 0.558. The van der Waals surface area contributed by atoms with Crippen LogP contribution in [0.15, 0.2) is 42.6 Å². The largest absolute Gasteiger partial charge is 0.487 e. The summed E-state index contributed by atoms with van der Waals surface area (Å²) in [5.74, 6) is 0.795. The van der Waals surface area contributed by atoms with Gasteiger partial charge in [0.2, 0.25) is 0 Å². The molecule has 0 spiro atoms. The van der Waals surface area contributed by atoms with Crippen LogP contribution in [0.5, 0.6) is 5.75 Å². The van der Waals surface area contributed by atoms with Gasteiger partial charge in [-0.1, -0.05) is 18.2 Å². The fourth-order valence-electron chi connectivity index (χ4n) is 2.12. The van der Waals surface area contributed by atoms with E-state index in [0.717, 1.165) is 16.7 Å². The van der Waals surface area contributed by atoms with Crippen molar-refractivity contribution in [2.45, 2.75) is 20.1 Å². The molecule has 2 heterocycles. The van der Waals surface area contributed by atoms with Crippen LogP contribution in [0, 0.1) is 6.92 Å². The number of fused-ring (bicyclic) bond motifs is 1. The normalized spacial score (nSPS) is 10.9. The number of aromatic nitrogens is 1. The summed E-state index contributed by atoms with van der Waals surface area (Å²) in [5.41, 5.74) is 7.84. The summed E-state index contributed by atoms with van der Waals surface area (Å²) in [6.45, 7) is 3.24. The summed E-state index contributed by atoms with van der Waals surface area (Å²) in [6.07, 6.45) is 1.77. The maximum absolute atomic E-state index is 5.84. The van der Waals surface area contributed by atoms with Gasteiger partial charge >= 0.3 is 0 Å². The molecule has 0 saturated heterocycles. The number of thiophene rings is 1. The molecule has 2 aromatic heterocycles. The molecule has 3 rings (SSSR count). The zero-order valence-corrected chi connectivity index (χ0v) is 12.1. The zero-order valence-electron chi connectivity index (χ0n) is 11.3. The van der Waals surface area contributed by atoms with Crippen molar-refractivity contribution in [1.29, 1.82) is 0 Å². The van der Waals surface area contributed by atoms with Gasteiger partial charge in [0.15, 0.2) is 0 Å². The molecule has 0 aliphatic heterocycles. The molecule has 0 aliphatic carbocycles. The van der Waals surface area contributed by atoms with Gasteiger partial charge in [0, 0.05) is 27.2 Å². The Morgan fingerprint density at radius 3 is 2.90 bits per heavy atom. The van der Waals surface area contributed by atoms with Gasteiger partial charge in [0.05, 0.1) is 11.7 Å². The van der Waals surface area contributed by atoms with Crippen molar-refractivity contribution in [3.8, 4) is 5.75 Å². The van der Waals surface area contributed by atoms with Crippen molar-refractivity contribution in [2.75, 3.05) is 0 Å². The first kappa shape index (κ1) is 13.1. The topological polar surface area (TPSA) is 48.1 Å². The molecule has 0 fully saturated rings. The fraction of sp³-hybridized carbons (Fsp3) is 0.188. The molecular weight excluding hydrogens is 268 g/mol. The second kappa shape index (κ2) is 5.61. The number of aryl methyl sites for hydroxylation is 1. The zero-order chi connectivity index (χ0) is 13.9. The Morgan fingerprint density at radius 2 is 2.10 bits per heavy atom. The summed E-state index contributed by atoms with van der Waals surface area (Å²) in [5, 5.41) is 1.09. The van der Waals surface area contributed by atoms with Gasteiger partial charge in [-0.25, -0.2) is 0 Å². The van der Waals surface area contributed by atoms with Crippen molar-refractivity contribution >= 4 is 22.2 Å². The fourth-order valence-corrected chi connectivity index (χ4v) is 3.05. The standard InChI is InChI=1S/C16H16N2OS/c1-11-13(7-15(8-17)20-11)10-19-14-6-12-4-2-3-5-16(12)18-9-14/h2-7,9H,8,10,17H2,1H3. The number of hydrogen-bond donors (Lipinski definition) is 1. The van der Waals surface area contributed by atoms with Gasteiger partial charge in [0.25, 0.3) is 0 Å². The lowest BCUT2D eigenvalue weighted by atomic mass is 10.2. The molecule has 0 saturated carbocycles. The van der Waals surface area contributed by atoms with E-state index in [1.807, 2.05) is 30.3 Å². The third-order valence-electron chi connectivity index (χ3n) is 3.23. The Bertz CT molecular complexity index is 736. The number of ether oxygens (including phenoxy) is 1. The van der Waals surface area contributed by atoms with Gasteiger partial charge in [-0.2, -0.15) is 0 Å². The molecule has 0 amide bonds. The van der Waals surface area contributed by atoms with Crippen LogP contribution < -0.4 is 10.5 Å². The predicted octanol–water partition coefficient (Wildman–Crippen LogP) is 3.64. The van der Waals surface area contributed by atoms with E-state index in [1.54, 1.807) is 17.5 Å². The Hall–Kier alpha value is -1.91. The number of rotatable bonds is 4. The average molecular weight is 284 g/mol. The number of para-hydroxylation sites is 1. The van der Waals surface area contributed by atoms with E-state index in [-0.39, 0.29) is 0 Å². The summed E-state index contributed by atoms with van der Waals surface area (Å²) in [6, 6.07) is 12.2. The molecule has 4 heteroatoms. The van der Waals surface area contributed by atoms with Crippen LogP contribution in [0.1, 0.15) is 15.3 Å². The second-order valence-electron chi connectivity index (χ2n) is 4.65. The van der Waals surface area contributed by atoms with Gasteiger partial charge in [-0.15, -0.1) is 11.3 Å². The van der Waals surface area contributed by atoms with Crippen LogP contribution in [0.3, 0.4) is 0 Å². The minimum absolute atomic E-state index is 0.558. The van der Waals surface area contributed by atoms with E-state index in [1.165, 1.54) is 15.3 Å². The number of nitrogens with two attached hydrogens (primary N) is 1. The number of benzene rings is 1. The molecule has 0 unspecified atom stereocenters. The molecule has 0 aliphatic rings. The Labute approximate surface area is 122 Å². The quantitative estimate of drug-likeness (QED) is 0.795. The lowest BCUT2D eigenvalue weighted by molar-refractivity contribution is 0.305. The van der Waals surface area contributed by atoms with Gasteiger partial charge < -0.3 is 10.5 Å². The summed E-state index contributed by atoms with van der Waals surface area (Å²) in [4.78, 5) is 6.85. The molecule has 2 N–H and O–H groups in total. The van der Waals surface area contributed by atoms with E-state index in [9.17, 15) is 0 Å². The molecule has 0 bridgehead atoms. The van der Waals surface area contributed by atoms with Crippen molar-refractivity contribution in [3.63, 3.8) is 0 Å². The number of hydrogen-bond acceptors (Lipinski definition) is 4. The van der Waals surface area contributed by atoms with E-state index in [4.69, 9.17) is 10.5 Å². The third-order valence-corrected chi connectivity index (χ3v) is 4.35. The highest BCUT2D eigenvalue weighted by molar-refractivity contribution is 7.12. The summed E-state index contributed by atoms with van der Waals surface area (Å²) < 4.78 is 5.84. The smallest absolute Gasteiger partial charge is 0.138 e. The van der Waals surface area contributed by atoms with Crippen LogP contribution >= 0.6 is 11.3 Å². The van der Waals surface area contributed by atoms with Crippen molar-refractivity contribution in [1.82, 2.24) is 4.98 Å². The van der Waals surface area contributed by atoms with E-state index in [2.05, 4.69) is 18.0 Å². The molecule has 102 valence electrons. The number of pyridine rings is 1. The van der Waals surface area contributed by atoms with Gasteiger partial charge in [0.1, 0.15) is 12.4 Å². The first-order valence-electron chi connectivity index (χ1n) is 6.52. The average Bonchev–Trinajstić information content (AvgIpc) is 2.85.